The molecule has 0 bridgehead atoms. The van der Waals surface area contributed by atoms with Crippen molar-refractivity contribution in [2.45, 2.75) is 6.42 Å². The van der Waals surface area contributed by atoms with Gasteiger partial charge in [-0.15, -0.1) is 0 Å². The van der Waals surface area contributed by atoms with Crippen LogP contribution in [-0.4, -0.2) is 30.9 Å². The average Bonchev–Trinajstić information content (AvgIpc) is 2.65. The van der Waals surface area contributed by atoms with E-state index >= 15 is 0 Å². The number of rotatable bonds is 8. The lowest BCUT2D eigenvalue weighted by Gasteiger charge is -2.03. The van der Waals surface area contributed by atoms with Crippen molar-refractivity contribution in [1.82, 2.24) is 0 Å². The monoisotopic (exact) mass is 352 g/mol. The molecule has 2 rings (SSSR count). The van der Waals surface area contributed by atoms with Crippen LogP contribution in [0.25, 0.3) is 12.2 Å². The molecule has 0 fully saturated rings. The summed E-state index contributed by atoms with van der Waals surface area (Å²) >= 11 is 0. The van der Waals surface area contributed by atoms with Crippen molar-refractivity contribution in [3.63, 3.8) is 0 Å². The molecule has 0 spiro atoms. The van der Waals surface area contributed by atoms with E-state index in [1.807, 2.05) is 18.2 Å². The Morgan fingerprint density at radius 2 is 1.58 bits per heavy atom. The number of ketones is 2. The van der Waals surface area contributed by atoms with Gasteiger partial charge < -0.3 is 14.6 Å². The molecule has 0 atom stereocenters. The van der Waals surface area contributed by atoms with Gasteiger partial charge in [0, 0.05) is 5.56 Å². The molecule has 0 aliphatic rings. The number of phenols is 1. The standard InChI is InChI=1S/C21H20O5/c1-25-20-6-4-3-5-16(20)9-11-18(23)14-17(22)10-7-15-8-12-21(26-2)19(24)13-15/h3-13,24H,14H2,1-2H3/b10-7+,11-9+. The number of carbonyl (C=O) groups is 2. The highest BCUT2D eigenvalue weighted by molar-refractivity contribution is 6.10. The minimum absolute atomic E-state index is 0.0158. The number of hydrogen-bond donors (Lipinski definition) is 1. The third-order valence-corrected chi connectivity index (χ3v) is 3.60. The third kappa shape index (κ3) is 5.34. The predicted octanol–water partition coefficient (Wildman–Crippen LogP) is 3.66. The van der Waals surface area contributed by atoms with Crippen LogP contribution >= 0.6 is 0 Å². The van der Waals surface area contributed by atoms with Crippen molar-refractivity contribution in [3.05, 3.63) is 65.7 Å². The van der Waals surface area contributed by atoms with Crippen LogP contribution in [-0.2, 0) is 9.59 Å². The van der Waals surface area contributed by atoms with E-state index in [4.69, 9.17) is 9.47 Å². The average molecular weight is 352 g/mol. The van der Waals surface area contributed by atoms with Crippen molar-refractivity contribution in [2.24, 2.45) is 0 Å². The first-order chi connectivity index (χ1) is 12.5. The number of benzene rings is 2. The molecule has 26 heavy (non-hydrogen) atoms. The summed E-state index contributed by atoms with van der Waals surface area (Å²) in [6, 6.07) is 12.1. The molecule has 0 aromatic heterocycles. The number of allylic oxidation sites excluding steroid dienone is 2. The zero-order chi connectivity index (χ0) is 18.9. The van der Waals surface area contributed by atoms with Gasteiger partial charge in [-0.05, 0) is 42.0 Å². The van der Waals surface area contributed by atoms with E-state index in [0.29, 0.717) is 17.1 Å². The third-order valence-electron chi connectivity index (χ3n) is 3.60. The Morgan fingerprint density at radius 1 is 0.923 bits per heavy atom. The van der Waals surface area contributed by atoms with Gasteiger partial charge in [0.15, 0.2) is 23.1 Å². The molecule has 5 nitrogen and oxygen atoms in total. The number of para-hydroxylation sites is 1. The molecule has 0 aliphatic carbocycles. The van der Waals surface area contributed by atoms with Gasteiger partial charge in [-0.25, -0.2) is 0 Å². The highest BCUT2D eigenvalue weighted by Crippen LogP contribution is 2.26. The lowest BCUT2D eigenvalue weighted by Crippen LogP contribution is -2.02. The van der Waals surface area contributed by atoms with Crippen LogP contribution in [0.4, 0.5) is 0 Å². The first-order valence-corrected chi connectivity index (χ1v) is 7.95. The van der Waals surface area contributed by atoms with Crippen molar-refractivity contribution < 1.29 is 24.2 Å². The van der Waals surface area contributed by atoms with E-state index in [0.717, 1.165) is 5.56 Å². The lowest BCUT2D eigenvalue weighted by molar-refractivity contribution is -0.121. The minimum Gasteiger partial charge on any atom is -0.504 e. The normalized spacial score (nSPS) is 11.0. The highest BCUT2D eigenvalue weighted by atomic mass is 16.5. The van der Waals surface area contributed by atoms with Crippen molar-refractivity contribution in [1.29, 1.82) is 0 Å². The zero-order valence-corrected chi connectivity index (χ0v) is 14.6. The second-order valence-electron chi connectivity index (χ2n) is 5.45. The van der Waals surface area contributed by atoms with Gasteiger partial charge in [-0.2, -0.15) is 0 Å². The Kier molecular flexibility index (Phi) is 6.74. The van der Waals surface area contributed by atoms with E-state index in [1.165, 1.54) is 25.3 Å². The molecule has 0 saturated heterocycles. The van der Waals surface area contributed by atoms with Crippen LogP contribution in [0, 0.1) is 0 Å². The topological polar surface area (TPSA) is 72.8 Å². The second-order valence-corrected chi connectivity index (χ2v) is 5.45. The van der Waals surface area contributed by atoms with Crippen LogP contribution in [0.5, 0.6) is 17.2 Å². The summed E-state index contributed by atoms with van der Waals surface area (Å²) in [5.74, 6) is 0.364. The zero-order valence-electron chi connectivity index (χ0n) is 14.6. The molecule has 1 N–H and O–H groups in total. The molecule has 2 aromatic rings. The largest absolute Gasteiger partial charge is 0.504 e. The number of phenolic OH excluding ortho intramolecular Hbond substituents is 1. The smallest absolute Gasteiger partial charge is 0.163 e. The molecule has 0 amide bonds. The minimum atomic E-state index is -0.324. The Hall–Kier alpha value is -3.34. The Morgan fingerprint density at radius 3 is 2.23 bits per heavy atom. The molecule has 2 aromatic carbocycles. The number of ether oxygens (including phenoxy) is 2. The summed E-state index contributed by atoms with van der Waals surface area (Å²) in [4.78, 5) is 23.9. The summed E-state index contributed by atoms with van der Waals surface area (Å²) in [5.41, 5.74) is 1.40. The first-order valence-electron chi connectivity index (χ1n) is 7.95. The molecule has 0 saturated carbocycles. The van der Waals surface area contributed by atoms with Crippen LogP contribution in [0.2, 0.25) is 0 Å². The van der Waals surface area contributed by atoms with E-state index < -0.39 is 0 Å². The van der Waals surface area contributed by atoms with Crippen LogP contribution in [0.15, 0.2) is 54.6 Å². The van der Waals surface area contributed by atoms with Crippen LogP contribution < -0.4 is 9.47 Å². The van der Waals surface area contributed by atoms with Gasteiger partial charge in [0.05, 0.1) is 20.6 Å². The van der Waals surface area contributed by atoms with Gasteiger partial charge in [0.25, 0.3) is 0 Å². The fourth-order valence-electron chi connectivity index (χ4n) is 2.28. The fourth-order valence-corrected chi connectivity index (χ4v) is 2.28. The summed E-state index contributed by atoms with van der Waals surface area (Å²) in [5, 5.41) is 9.71. The Labute approximate surface area is 152 Å². The molecular weight excluding hydrogens is 332 g/mol. The van der Waals surface area contributed by atoms with Crippen LogP contribution in [0.3, 0.4) is 0 Å². The first kappa shape index (κ1) is 19.0. The molecule has 0 heterocycles. The van der Waals surface area contributed by atoms with Gasteiger partial charge in [0.2, 0.25) is 0 Å². The molecular formula is C21H20O5. The van der Waals surface area contributed by atoms with Crippen molar-refractivity contribution in [2.75, 3.05) is 14.2 Å². The second kappa shape index (κ2) is 9.22. The molecule has 134 valence electrons. The number of methoxy groups -OCH3 is 2. The van der Waals surface area contributed by atoms with Gasteiger partial charge in [0.1, 0.15) is 5.75 Å². The summed E-state index contributed by atoms with van der Waals surface area (Å²) in [6.07, 6.45) is 5.61. The molecule has 0 unspecified atom stereocenters. The SMILES string of the molecule is COc1ccc(/C=C/C(=O)CC(=O)/C=C/c2ccccc2OC)cc1O. The summed E-state index contributed by atoms with van der Waals surface area (Å²) in [6.45, 7) is 0. The van der Waals surface area contributed by atoms with Gasteiger partial charge in [-0.3, -0.25) is 9.59 Å². The summed E-state index contributed by atoms with van der Waals surface area (Å²) < 4.78 is 10.2. The number of hydrogen-bond acceptors (Lipinski definition) is 5. The van der Waals surface area contributed by atoms with E-state index in [2.05, 4.69) is 0 Å². The van der Waals surface area contributed by atoms with E-state index in [-0.39, 0.29) is 23.7 Å². The van der Waals surface area contributed by atoms with Gasteiger partial charge in [-0.1, -0.05) is 30.3 Å². The Balaban J connectivity index is 1.95. The Bertz CT molecular complexity index is 849. The van der Waals surface area contributed by atoms with E-state index in [1.54, 1.807) is 37.5 Å². The van der Waals surface area contributed by atoms with Crippen molar-refractivity contribution >= 4 is 23.7 Å². The quantitative estimate of drug-likeness (QED) is 0.580. The number of aromatic hydroxyl groups is 1. The lowest BCUT2D eigenvalue weighted by atomic mass is 10.1. The summed E-state index contributed by atoms with van der Waals surface area (Å²) in [7, 11) is 3.01. The molecule has 0 aliphatic heterocycles. The molecule has 0 radical (unpaired) electrons. The maximum Gasteiger partial charge on any atom is 0.163 e. The molecule has 5 heteroatoms. The van der Waals surface area contributed by atoms with E-state index in [9.17, 15) is 14.7 Å². The number of carbonyl (C=O) groups excluding carboxylic acids is 2. The fraction of sp³-hybridized carbons (Fsp3) is 0.143. The van der Waals surface area contributed by atoms with Crippen molar-refractivity contribution in [3.8, 4) is 17.2 Å². The van der Waals surface area contributed by atoms with Crippen LogP contribution in [0.1, 0.15) is 17.5 Å². The van der Waals surface area contributed by atoms with Gasteiger partial charge >= 0.3 is 0 Å². The highest BCUT2D eigenvalue weighted by Gasteiger charge is 2.05. The maximum absolute atomic E-state index is 11.9. The maximum atomic E-state index is 11.9. The predicted molar refractivity (Wildman–Crippen MR) is 100 cm³/mol.